The Labute approximate surface area is 241 Å². The number of unbranched alkanes of at least 4 members (excludes halogenated alkanes) is 1. The molecular weight excluding hydrogens is 553 g/mol. The highest BCUT2D eigenvalue weighted by atomic mass is 32.1. The molecule has 1 aliphatic carbocycles. The highest BCUT2D eigenvalue weighted by Crippen LogP contribution is 2.40. The molecule has 3 aromatic rings. The van der Waals surface area contributed by atoms with Gasteiger partial charge < -0.3 is 9.84 Å². The molecule has 1 aliphatic rings. The van der Waals surface area contributed by atoms with Gasteiger partial charge >= 0.3 is 5.97 Å². The van der Waals surface area contributed by atoms with Crippen LogP contribution in [0.4, 0.5) is 18.3 Å². The van der Waals surface area contributed by atoms with E-state index in [4.69, 9.17) is 9.84 Å². The number of aliphatic carboxylic acids is 1. The van der Waals surface area contributed by atoms with Crippen molar-refractivity contribution in [2.45, 2.75) is 64.9 Å². The lowest BCUT2D eigenvalue weighted by Gasteiger charge is -2.31. The molecule has 41 heavy (non-hydrogen) atoms. The lowest BCUT2D eigenvalue weighted by Crippen LogP contribution is -2.21. The van der Waals surface area contributed by atoms with E-state index in [9.17, 15) is 18.4 Å². The lowest BCUT2D eigenvalue weighted by molar-refractivity contribution is -0.132. The van der Waals surface area contributed by atoms with Crippen LogP contribution in [0, 0.1) is 23.4 Å². The van der Waals surface area contributed by atoms with Gasteiger partial charge in [0.2, 0.25) is 0 Å². The second-order valence-electron chi connectivity index (χ2n) is 10.2. The Morgan fingerprint density at radius 2 is 1.88 bits per heavy atom. The van der Waals surface area contributed by atoms with Crippen LogP contribution in [0.3, 0.4) is 0 Å². The Bertz CT molecular complexity index is 1410. The van der Waals surface area contributed by atoms with E-state index in [1.165, 1.54) is 13.3 Å². The van der Waals surface area contributed by atoms with Crippen molar-refractivity contribution < 1.29 is 32.6 Å². The predicted octanol–water partition coefficient (Wildman–Crippen LogP) is 8.41. The number of carbonyl (C=O) groups is 2. The van der Waals surface area contributed by atoms with Crippen molar-refractivity contribution in [3.05, 3.63) is 75.4 Å². The van der Waals surface area contributed by atoms with Gasteiger partial charge in [-0.15, -0.1) is 11.3 Å². The van der Waals surface area contributed by atoms with Crippen molar-refractivity contribution >= 4 is 34.4 Å². The minimum atomic E-state index is -1.32. The lowest BCUT2D eigenvalue weighted by atomic mass is 9.82. The van der Waals surface area contributed by atoms with Crippen LogP contribution in [0.15, 0.2) is 41.3 Å². The minimum Gasteiger partial charge on any atom is -0.478 e. The third kappa shape index (κ3) is 7.42. The Kier molecular flexibility index (Phi) is 10.3. The fraction of sp³-hybridized carbons (Fsp3) is 0.387. The SMILES string of the molecule is CCCCOC(c1cccc(-c2csc(NC(=O)c3cc(F)c(C=C(C)C(=O)O)c(F)c3)n2)c1F)C1CCCCC1. The van der Waals surface area contributed by atoms with Crippen LogP contribution in [0.25, 0.3) is 17.3 Å². The summed E-state index contributed by atoms with van der Waals surface area (Å²) in [6, 6.07) is 6.80. The quantitative estimate of drug-likeness (QED) is 0.174. The van der Waals surface area contributed by atoms with Crippen molar-refractivity contribution in [2.24, 2.45) is 5.92 Å². The summed E-state index contributed by atoms with van der Waals surface area (Å²) in [5.41, 5.74) is -0.0246. The molecule has 4 rings (SSSR count). The second kappa shape index (κ2) is 13.9. The first kappa shape index (κ1) is 30.5. The van der Waals surface area contributed by atoms with E-state index in [0.717, 1.165) is 68.1 Å². The molecule has 1 aromatic heterocycles. The predicted molar refractivity (Wildman–Crippen MR) is 153 cm³/mol. The maximum absolute atomic E-state index is 15.9. The van der Waals surface area contributed by atoms with Crippen LogP contribution in [-0.2, 0) is 9.53 Å². The fourth-order valence-corrected chi connectivity index (χ4v) is 5.70. The van der Waals surface area contributed by atoms with Crippen LogP contribution in [0.2, 0.25) is 0 Å². The molecule has 0 aliphatic heterocycles. The molecule has 1 saturated carbocycles. The Morgan fingerprint density at radius 1 is 1.17 bits per heavy atom. The zero-order valence-electron chi connectivity index (χ0n) is 23.0. The monoisotopic (exact) mass is 586 g/mol. The highest BCUT2D eigenvalue weighted by molar-refractivity contribution is 7.14. The molecule has 1 fully saturated rings. The number of thiazole rings is 1. The van der Waals surface area contributed by atoms with Gasteiger partial charge in [-0.3, -0.25) is 10.1 Å². The van der Waals surface area contributed by atoms with Crippen molar-refractivity contribution in [3.8, 4) is 11.3 Å². The van der Waals surface area contributed by atoms with Crippen LogP contribution in [0.5, 0.6) is 0 Å². The molecule has 2 N–H and O–H groups in total. The maximum Gasteiger partial charge on any atom is 0.331 e. The molecule has 2 aromatic carbocycles. The number of amides is 1. The summed E-state index contributed by atoms with van der Waals surface area (Å²) in [6.07, 6.45) is 7.76. The molecule has 0 spiro atoms. The standard InChI is InChI=1S/C31H33F3N2O4S/c1-3-4-13-40-28(19-9-6-5-7-10-19)22-12-8-11-21(27(22)34)26-17-41-31(35-26)36-29(37)20-15-24(32)23(25(33)16-20)14-18(2)30(38)39/h8,11-12,14-17,19,28H,3-7,9-10,13H2,1-2H3,(H,38,39)(H,35,36,37). The number of carboxylic acid groups (broad SMARTS) is 1. The number of nitrogens with one attached hydrogen (secondary N) is 1. The van der Waals surface area contributed by atoms with Gasteiger partial charge in [-0.1, -0.05) is 44.7 Å². The number of ether oxygens (including phenoxy) is 1. The first-order chi connectivity index (χ1) is 19.7. The highest BCUT2D eigenvalue weighted by Gasteiger charge is 2.29. The number of benzene rings is 2. The Morgan fingerprint density at radius 3 is 2.54 bits per heavy atom. The van der Waals surface area contributed by atoms with Gasteiger partial charge in [-0.25, -0.2) is 22.9 Å². The van der Waals surface area contributed by atoms with Gasteiger partial charge in [-0.05, 0) is 56.4 Å². The van der Waals surface area contributed by atoms with Crippen LogP contribution >= 0.6 is 11.3 Å². The Hall–Kier alpha value is -3.50. The van der Waals surface area contributed by atoms with E-state index >= 15 is 4.39 Å². The molecule has 10 heteroatoms. The molecule has 1 amide bonds. The topological polar surface area (TPSA) is 88.5 Å². The molecule has 1 unspecified atom stereocenters. The van der Waals surface area contributed by atoms with Gasteiger partial charge in [-0.2, -0.15) is 0 Å². The van der Waals surface area contributed by atoms with E-state index < -0.39 is 34.9 Å². The molecule has 0 bridgehead atoms. The summed E-state index contributed by atoms with van der Waals surface area (Å²) < 4.78 is 51.2. The van der Waals surface area contributed by atoms with E-state index in [1.807, 2.05) is 0 Å². The summed E-state index contributed by atoms with van der Waals surface area (Å²) in [6.45, 7) is 3.85. The summed E-state index contributed by atoms with van der Waals surface area (Å²) in [5.74, 6) is -4.46. The van der Waals surface area contributed by atoms with Crippen molar-refractivity contribution in [2.75, 3.05) is 11.9 Å². The molecule has 1 atom stereocenters. The summed E-state index contributed by atoms with van der Waals surface area (Å²) >= 11 is 1.06. The molecular formula is C31H33F3N2O4S. The number of hydrogen-bond acceptors (Lipinski definition) is 5. The van der Waals surface area contributed by atoms with Crippen molar-refractivity contribution in [1.29, 1.82) is 0 Å². The van der Waals surface area contributed by atoms with E-state index in [-0.39, 0.29) is 33.9 Å². The van der Waals surface area contributed by atoms with Crippen LogP contribution in [0.1, 0.15) is 86.4 Å². The summed E-state index contributed by atoms with van der Waals surface area (Å²) in [4.78, 5) is 28.1. The molecule has 218 valence electrons. The van der Waals surface area contributed by atoms with Gasteiger partial charge in [0.1, 0.15) is 17.5 Å². The van der Waals surface area contributed by atoms with Crippen molar-refractivity contribution in [1.82, 2.24) is 4.98 Å². The fourth-order valence-electron chi connectivity index (χ4n) is 4.99. The first-order valence-electron chi connectivity index (χ1n) is 13.8. The van der Waals surface area contributed by atoms with Gasteiger partial charge in [0.05, 0.1) is 11.8 Å². The summed E-state index contributed by atoms with van der Waals surface area (Å²) in [5, 5.41) is 13.2. The number of nitrogens with zero attached hydrogens (tertiary/aromatic N) is 1. The van der Waals surface area contributed by atoms with Crippen LogP contribution < -0.4 is 5.32 Å². The number of rotatable bonds is 11. The molecule has 0 saturated heterocycles. The number of aromatic nitrogens is 1. The second-order valence-corrected chi connectivity index (χ2v) is 11.1. The average molecular weight is 587 g/mol. The Balaban J connectivity index is 1.54. The van der Waals surface area contributed by atoms with Gasteiger partial charge in [0, 0.05) is 39.8 Å². The number of hydrogen-bond donors (Lipinski definition) is 2. The molecule has 0 radical (unpaired) electrons. The number of anilines is 1. The first-order valence-corrected chi connectivity index (χ1v) is 14.7. The average Bonchev–Trinajstić information content (AvgIpc) is 3.41. The van der Waals surface area contributed by atoms with E-state index in [1.54, 1.807) is 23.6 Å². The van der Waals surface area contributed by atoms with E-state index in [0.29, 0.717) is 17.9 Å². The normalized spacial score (nSPS) is 15.1. The zero-order valence-corrected chi connectivity index (χ0v) is 23.8. The largest absolute Gasteiger partial charge is 0.478 e. The molecule has 6 nitrogen and oxygen atoms in total. The minimum absolute atomic E-state index is 0.129. The summed E-state index contributed by atoms with van der Waals surface area (Å²) in [7, 11) is 0. The number of halogens is 3. The van der Waals surface area contributed by atoms with Crippen molar-refractivity contribution in [3.63, 3.8) is 0 Å². The maximum atomic E-state index is 15.9. The number of carboxylic acids is 1. The number of carbonyl (C=O) groups excluding carboxylic acids is 1. The third-order valence-corrected chi connectivity index (χ3v) is 8.01. The van der Waals surface area contributed by atoms with E-state index in [2.05, 4.69) is 17.2 Å². The zero-order chi connectivity index (χ0) is 29.5. The molecule has 1 heterocycles. The van der Waals surface area contributed by atoms with Gasteiger partial charge in [0.15, 0.2) is 5.13 Å². The van der Waals surface area contributed by atoms with Crippen LogP contribution in [-0.4, -0.2) is 28.6 Å². The third-order valence-electron chi connectivity index (χ3n) is 7.25. The smallest absolute Gasteiger partial charge is 0.331 e. The van der Waals surface area contributed by atoms with Gasteiger partial charge in [0.25, 0.3) is 5.91 Å².